The molecule has 162 valence electrons. The van der Waals surface area contributed by atoms with E-state index in [2.05, 4.69) is 6.92 Å². The van der Waals surface area contributed by atoms with Crippen molar-refractivity contribution in [2.75, 3.05) is 27.7 Å². The second-order valence-corrected chi connectivity index (χ2v) is 8.64. The fourth-order valence-electron chi connectivity index (χ4n) is 3.13. The van der Waals surface area contributed by atoms with E-state index in [1.807, 2.05) is 27.2 Å². The SMILES string of the molecule is CCCCCCCCCCC/C=C\C=C/C(=O)C(C(=O)[O-])C(O)C[N+](C)(C)C. The summed E-state index contributed by atoms with van der Waals surface area (Å²) in [7, 11) is 5.47. The molecule has 0 saturated heterocycles. The molecule has 0 heterocycles. The normalized spacial score (nSPS) is 14.6. The van der Waals surface area contributed by atoms with E-state index in [4.69, 9.17) is 0 Å². The highest BCUT2D eigenvalue weighted by Gasteiger charge is 2.30. The number of unbranched alkanes of at least 4 members (excludes halogenated alkanes) is 9. The Hall–Kier alpha value is -1.46. The van der Waals surface area contributed by atoms with Gasteiger partial charge in [0.25, 0.3) is 0 Å². The predicted octanol–water partition coefficient (Wildman–Crippen LogP) is 3.02. The molecule has 2 unspecified atom stereocenters. The molecule has 0 aliphatic heterocycles. The van der Waals surface area contributed by atoms with Gasteiger partial charge >= 0.3 is 0 Å². The third-order valence-electron chi connectivity index (χ3n) is 4.66. The molecule has 2 atom stereocenters. The summed E-state index contributed by atoms with van der Waals surface area (Å²) in [5.41, 5.74) is 0. The van der Waals surface area contributed by atoms with Crippen molar-refractivity contribution in [2.45, 2.75) is 77.2 Å². The zero-order valence-corrected chi connectivity index (χ0v) is 18.4. The molecular formula is C23H41NO4. The van der Waals surface area contributed by atoms with E-state index >= 15 is 0 Å². The summed E-state index contributed by atoms with van der Waals surface area (Å²) < 4.78 is 0.362. The lowest BCUT2D eigenvalue weighted by molar-refractivity contribution is -0.873. The van der Waals surface area contributed by atoms with Crippen molar-refractivity contribution in [3.63, 3.8) is 0 Å². The van der Waals surface area contributed by atoms with Gasteiger partial charge in [-0.25, -0.2) is 0 Å². The van der Waals surface area contributed by atoms with Crippen LogP contribution in [0, 0.1) is 5.92 Å². The Bertz CT molecular complexity index is 491. The zero-order chi connectivity index (χ0) is 21.4. The second kappa shape index (κ2) is 15.5. The fraction of sp³-hybridized carbons (Fsp3) is 0.739. The molecule has 0 aromatic carbocycles. The first-order valence-electron chi connectivity index (χ1n) is 10.8. The number of rotatable bonds is 17. The molecule has 0 aliphatic carbocycles. The zero-order valence-electron chi connectivity index (χ0n) is 18.4. The number of aliphatic hydroxyl groups excluding tert-OH is 1. The maximum atomic E-state index is 12.1. The molecule has 0 bridgehead atoms. The molecule has 1 N–H and O–H groups in total. The van der Waals surface area contributed by atoms with Crippen LogP contribution in [0.1, 0.15) is 71.1 Å². The first-order valence-corrected chi connectivity index (χ1v) is 10.8. The first kappa shape index (κ1) is 26.5. The number of allylic oxidation sites excluding steroid dienone is 4. The minimum atomic E-state index is -1.53. The highest BCUT2D eigenvalue weighted by molar-refractivity contribution is 6.04. The molecule has 28 heavy (non-hydrogen) atoms. The maximum absolute atomic E-state index is 12.1. The Morgan fingerprint density at radius 3 is 1.96 bits per heavy atom. The smallest absolute Gasteiger partial charge is 0.167 e. The summed E-state index contributed by atoms with van der Waals surface area (Å²) in [6, 6.07) is 0. The highest BCUT2D eigenvalue weighted by atomic mass is 16.4. The van der Waals surface area contributed by atoms with Gasteiger partial charge in [0.1, 0.15) is 12.6 Å². The highest BCUT2D eigenvalue weighted by Crippen LogP contribution is 2.11. The van der Waals surface area contributed by atoms with Crippen LogP contribution in [0.15, 0.2) is 24.3 Å². The fourth-order valence-corrected chi connectivity index (χ4v) is 3.13. The maximum Gasteiger partial charge on any atom is 0.167 e. The monoisotopic (exact) mass is 395 g/mol. The number of carbonyl (C=O) groups is 2. The van der Waals surface area contributed by atoms with Gasteiger partial charge in [-0.1, -0.05) is 76.5 Å². The largest absolute Gasteiger partial charge is 0.549 e. The van der Waals surface area contributed by atoms with Gasteiger partial charge in [-0.05, 0) is 18.9 Å². The summed E-state index contributed by atoms with van der Waals surface area (Å²) >= 11 is 0. The van der Waals surface area contributed by atoms with E-state index in [9.17, 15) is 19.8 Å². The lowest BCUT2D eigenvalue weighted by Gasteiger charge is -2.30. The number of nitrogens with zero attached hydrogens (tertiary/aromatic N) is 1. The van der Waals surface area contributed by atoms with E-state index in [1.165, 1.54) is 57.4 Å². The standard InChI is InChI=1S/C23H41NO4/c1-5-6-7-8-9-10-11-12-13-14-15-16-17-18-20(25)22(23(27)28)21(26)19-24(2,3)4/h15-18,21-22,26H,5-14,19H2,1-4H3/b16-15-,18-17-. The summed E-state index contributed by atoms with van der Waals surface area (Å²) in [5.74, 6) is -3.69. The van der Waals surface area contributed by atoms with Crippen LogP contribution in [0.4, 0.5) is 0 Å². The number of aliphatic hydroxyl groups is 1. The topological polar surface area (TPSA) is 77.4 Å². The third kappa shape index (κ3) is 14.6. The Balaban J connectivity index is 4.07. The average Bonchev–Trinajstić information content (AvgIpc) is 2.57. The molecule has 5 nitrogen and oxygen atoms in total. The Morgan fingerprint density at radius 2 is 1.46 bits per heavy atom. The van der Waals surface area contributed by atoms with Crippen molar-refractivity contribution >= 4 is 11.8 Å². The molecule has 0 spiro atoms. The number of carboxylic acid groups (broad SMARTS) is 1. The number of quaternary nitrogens is 1. The quantitative estimate of drug-likeness (QED) is 0.135. The van der Waals surface area contributed by atoms with E-state index in [-0.39, 0.29) is 6.54 Å². The summed E-state index contributed by atoms with van der Waals surface area (Å²) in [5, 5.41) is 21.3. The molecule has 0 radical (unpaired) electrons. The molecule has 0 amide bonds. The lowest BCUT2D eigenvalue weighted by Crippen LogP contribution is -2.50. The molecule has 0 aromatic heterocycles. The van der Waals surface area contributed by atoms with Gasteiger partial charge in [-0.2, -0.15) is 0 Å². The Morgan fingerprint density at radius 1 is 0.929 bits per heavy atom. The van der Waals surface area contributed by atoms with Crippen LogP contribution in [0.2, 0.25) is 0 Å². The number of hydrogen-bond donors (Lipinski definition) is 1. The van der Waals surface area contributed by atoms with Crippen LogP contribution in [-0.2, 0) is 9.59 Å². The Labute approximate surface area is 171 Å². The number of likely N-dealkylation sites (N-methyl/N-ethyl adjacent to an activating group) is 1. The lowest BCUT2D eigenvalue weighted by atomic mass is 9.96. The van der Waals surface area contributed by atoms with Crippen LogP contribution >= 0.6 is 0 Å². The minimum Gasteiger partial charge on any atom is -0.549 e. The van der Waals surface area contributed by atoms with Crippen molar-refractivity contribution < 1.29 is 24.3 Å². The van der Waals surface area contributed by atoms with E-state index < -0.39 is 23.8 Å². The van der Waals surface area contributed by atoms with Crippen LogP contribution in [0.3, 0.4) is 0 Å². The molecule has 5 heteroatoms. The molecule has 0 aromatic rings. The van der Waals surface area contributed by atoms with Gasteiger partial charge in [0.2, 0.25) is 0 Å². The summed E-state index contributed by atoms with van der Waals surface area (Å²) in [6.07, 6.45) is 17.8. The van der Waals surface area contributed by atoms with E-state index in [0.29, 0.717) is 4.48 Å². The number of ketones is 1. The predicted molar refractivity (Wildman–Crippen MR) is 113 cm³/mol. The molecule has 0 aliphatic rings. The van der Waals surface area contributed by atoms with Gasteiger partial charge in [0, 0.05) is 0 Å². The number of aliphatic carboxylic acids is 1. The first-order chi connectivity index (χ1) is 13.2. The van der Waals surface area contributed by atoms with Gasteiger partial charge in [-0.3, -0.25) is 4.79 Å². The molecule has 0 fully saturated rings. The third-order valence-corrected chi connectivity index (χ3v) is 4.66. The van der Waals surface area contributed by atoms with Crippen molar-refractivity contribution in [3.8, 4) is 0 Å². The summed E-state index contributed by atoms with van der Waals surface area (Å²) in [4.78, 5) is 23.4. The van der Waals surface area contributed by atoms with Crippen LogP contribution in [-0.4, -0.2) is 55.1 Å². The number of carbonyl (C=O) groups excluding carboxylic acids is 2. The summed E-state index contributed by atoms with van der Waals surface area (Å²) in [6.45, 7) is 2.39. The van der Waals surface area contributed by atoms with Crippen molar-refractivity contribution in [2.24, 2.45) is 5.92 Å². The molecular weight excluding hydrogens is 354 g/mol. The van der Waals surface area contributed by atoms with Crippen molar-refractivity contribution in [1.29, 1.82) is 0 Å². The number of hydrogen-bond acceptors (Lipinski definition) is 4. The second-order valence-electron chi connectivity index (χ2n) is 8.64. The van der Waals surface area contributed by atoms with Crippen LogP contribution in [0.5, 0.6) is 0 Å². The average molecular weight is 396 g/mol. The minimum absolute atomic E-state index is 0.159. The van der Waals surface area contributed by atoms with Crippen molar-refractivity contribution in [3.05, 3.63) is 24.3 Å². The molecule has 0 rings (SSSR count). The van der Waals surface area contributed by atoms with Gasteiger partial charge in [-0.15, -0.1) is 0 Å². The molecule has 0 saturated carbocycles. The number of carboxylic acids is 1. The Kier molecular flexibility index (Phi) is 14.7. The van der Waals surface area contributed by atoms with Gasteiger partial charge in [0.15, 0.2) is 5.78 Å². The van der Waals surface area contributed by atoms with Gasteiger partial charge in [0.05, 0.1) is 33.0 Å². The van der Waals surface area contributed by atoms with E-state index in [0.717, 1.165) is 12.8 Å². The van der Waals surface area contributed by atoms with E-state index in [1.54, 1.807) is 12.2 Å². The van der Waals surface area contributed by atoms with Crippen LogP contribution < -0.4 is 5.11 Å². The van der Waals surface area contributed by atoms with Crippen LogP contribution in [0.25, 0.3) is 0 Å². The van der Waals surface area contributed by atoms with Gasteiger partial charge < -0.3 is 19.5 Å². The van der Waals surface area contributed by atoms with Crippen molar-refractivity contribution in [1.82, 2.24) is 0 Å².